The van der Waals surface area contributed by atoms with E-state index in [9.17, 15) is 9.59 Å². The first-order valence-electron chi connectivity index (χ1n) is 5.69. The summed E-state index contributed by atoms with van der Waals surface area (Å²) >= 11 is 1.63. The van der Waals surface area contributed by atoms with Gasteiger partial charge in [-0.2, -0.15) is 0 Å². The zero-order valence-corrected chi connectivity index (χ0v) is 11.1. The predicted octanol–water partition coefficient (Wildman–Crippen LogP) is 0.656. The Kier molecular flexibility index (Phi) is 5.84. The number of carboxylic acid groups (broad SMARTS) is 2. The summed E-state index contributed by atoms with van der Waals surface area (Å²) in [5.74, 6) is -1.46. The van der Waals surface area contributed by atoms with E-state index >= 15 is 0 Å². The summed E-state index contributed by atoms with van der Waals surface area (Å²) in [7, 11) is 0. The fourth-order valence-corrected chi connectivity index (χ4v) is 2.58. The Bertz CT molecular complexity index is 386. The molecule has 1 atom stereocenters. The van der Waals surface area contributed by atoms with E-state index in [-0.39, 0.29) is 5.72 Å². The maximum absolute atomic E-state index is 9.55. The van der Waals surface area contributed by atoms with E-state index < -0.39 is 11.9 Å². The molecule has 2 aliphatic rings. The lowest BCUT2D eigenvalue weighted by molar-refractivity contribution is -0.134. The van der Waals surface area contributed by atoms with Crippen molar-refractivity contribution in [3.05, 3.63) is 12.2 Å². The highest BCUT2D eigenvalue weighted by atomic mass is 32.2. The number of aliphatic carboxylic acids is 2. The van der Waals surface area contributed by atoms with E-state index in [0.717, 1.165) is 31.6 Å². The van der Waals surface area contributed by atoms with Crippen molar-refractivity contribution in [3.63, 3.8) is 0 Å². The Hall–Kier alpha value is -1.54. The molecular formula is C11H16N2O5S. The van der Waals surface area contributed by atoms with E-state index in [0.29, 0.717) is 17.3 Å². The molecule has 106 valence electrons. The van der Waals surface area contributed by atoms with Crippen molar-refractivity contribution in [2.75, 3.05) is 12.4 Å². The zero-order chi connectivity index (χ0) is 14.3. The lowest BCUT2D eigenvalue weighted by Gasteiger charge is -2.27. The number of hydrogen-bond donors (Lipinski definition) is 3. The van der Waals surface area contributed by atoms with Gasteiger partial charge in [-0.1, -0.05) is 11.8 Å². The second-order valence-corrected chi connectivity index (χ2v) is 5.07. The average molecular weight is 288 g/mol. The number of thioether (sulfide) groups is 1. The minimum absolute atomic E-state index is 0.213. The second kappa shape index (κ2) is 7.15. The van der Waals surface area contributed by atoms with Crippen LogP contribution >= 0.6 is 11.8 Å². The van der Waals surface area contributed by atoms with Crippen LogP contribution in [0.25, 0.3) is 0 Å². The van der Waals surface area contributed by atoms with Gasteiger partial charge in [0.2, 0.25) is 0 Å². The molecule has 0 amide bonds. The highest BCUT2D eigenvalue weighted by molar-refractivity contribution is 8.13. The van der Waals surface area contributed by atoms with Gasteiger partial charge in [0.05, 0.1) is 0 Å². The summed E-state index contributed by atoms with van der Waals surface area (Å²) in [5.41, 5.74) is 5.41. The van der Waals surface area contributed by atoms with Crippen molar-refractivity contribution in [1.29, 1.82) is 0 Å². The molecule has 7 nitrogen and oxygen atoms in total. The van der Waals surface area contributed by atoms with Gasteiger partial charge >= 0.3 is 11.9 Å². The van der Waals surface area contributed by atoms with E-state index in [1.54, 1.807) is 11.8 Å². The summed E-state index contributed by atoms with van der Waals surface area (Å²) in [6.07, 6.45) is 4.32. The van der Waals surface area contributed by atoms with Crippen LogP contribution in [0.3, 0.4) is 0 Å². The molecule has 0 aliphatic carbocycles. The Morgan fingerprint density at radius 1 is 1.32 bits per heavy atom. The largest absolute Gasteiger partial charge is 0.478 e. The molecule has 0 saturated carbocycles. The molecule has 4 N–H and O–H groups in total. The van der Waals surface area contributed by atoms with Crippen LogP contribution in [0.4, 0.5) is 0 Å². The quantitative estimate of drug-likeness (QED) is 0.638. The number of carbonyl (C=O) groups is 2. The summed E-state index contributed by atoms with van der Waals surface area (Å²) in [6.45, 7) is 0.849. The van der Waals surface area contributed by atoms with E-state index in [2.05, 4.69) is 4.99 Å². The number of aliphatic imine (C=N–C) groups is 1. The lowest BCUT2D eigenvalue weighted by Crippen LogP contribution is -2.32. The second-order valence-electron chi connectivity index (χ2n) is 3.96. The van der Waals surface area contributed by atoms with Crippen molar-refractivity contribution >= 4 is 28.9 Å². The van der Waals surface area contributed by atoms with E-state index in [1.165, 1.54) is 0 Å². The molecule has 1 spiro atoms. The molecule has 0 aromatic carbocycles. The number of rotatable bonds is 2. The van der Waals surface area contributed by atoms with Crippen LogP contribution in [-0.4, -0.2) is 45.4 Å². The summed E-state index contributed by atoms with van der Waals surface area (Å²) < 4.78 is 5.57. The Balaban J connectivity index is 0.000000203. The molecule has 2 aliphatic heterocycles. The molecule has 2 heterocycles. The third-order valence-corrected chi connectivity index (χ3v) is 3.30. The van der Waals surface area contributed by atoms with E-state index in [1.807, 2.05) is 0 Å². The maximum atomic E-state index is 9.55. The first kappa shape index (κ1) is 15.5. The van der Waals surface area contributed by atoms with Crippen LogP contribution in [0, 0.1) is 0 Å². The van der Waals surface area contributed by atoms with Crippen molar-refractivity contribution < 1.29 is 24.5 Å². The van der Waals surface area contributed by atoms with Gasteiger partial charge in [-0.3, -0.25) is 0 Å². The van der Waals surface area contributed by atoms with Crippen molar-refractivity contribution in [2.24, 2.45) is 10.7 Å². The van der Waals surface area contributed by atoms with Crippen LogP contribution < -0.4 is 5.73 Å². The van der Waals surface area contributed by atoms with Gasteiger partial charge < -0.3 is 20.7 Å². The smallest absolute Gasteiger partial charge is 0.328 e. The first-order valence-corrected chi connectivity index (χ1v) is 6.68. The molecule has 1 unspecified atom stereocenters. The first-order chi connectivity index (χ1) is 8.93. The normalized spacial score (nSPS) is 25.8. The molecule has 0 aromatic heterocycles. The van der Waals surface area contributed by atoms with Crippen LogP contribution in [0.1, 0.15) is 19.3 Å². The molecule has 2 rings (SSSR count). The minimum Gasteiger partial charge on any atom is -0.478 e. The van der Waals surface area contributed by atoms with Crippen LogP contribution in [0.15, 0.2) is 17.1 Å². The van der Waals surface area contributed by atoms with Crippen molar-refractivity contribution in [1.82, 2.24) is 0 Å². The van der Waals surface area contributed by atoms with Gasteiger partial charge in [0.15, 0.2) is 10.9 Å². The topological polar surface area (TPSA) is 122 Å². The number of ether oxygens (including phenoxy) is 1. The molecule has 0 bridgehead atoms. The summed E-state index contributed by atoms with van der Waals surface area (Å²) in [6, 6.07) is 0. The van der Waals surface area contributed by atoms with Crippen molar-refractivity contribution in [3.8, 4) is 0 Å². The summed E-state index contributed by atoms with van der Waals surface area (Å²) in [4.78, 5) is 23.5. The highest BCUT2D eigenvalue weighted by Gasteiger charge is 2.36. The molecule has 1 fully saturated rings. The van der Waals surface area contributed by atoms with Crippen LogP contribution in [0.2, 0.25) is 0 Å². The zero-order valence-electron chi connectivity index (χ0n) is 10.2. The number of carboxylic acids is 2. The third-order valence-electron chi connectivity index (χ3n) is 2.51. The molecular weight excluding hydrogens is 272 g/mol. The standard InChI is InChI=1S/C7H12N2OS.C4H4O4/c8-6-9-7(3-5-11-6)2-1-4-10-7;5-3(6)1-2-4(7)8/h1-5H2,(H2,8,9);1-2H,(H,5,6)(H,7,8)/b;2-1-. The van der Waals surface area contributed by atoms with Gasteiger partial charge in [-0.05, 0) is 12.8 Å². The summed E-state index contributed by atoms with van der Waals surface area (Å²) in [5, 5.41) is 16.3. The number of nitrogens with two attached hydrogens (primary N) is 1. The average Bonchev–Trinajstić information content (AvgIpc) is 2.75. The monoisotopic (exact) mass is 288 g/mol. The van der Waals surface area contributed by atoms with Gasteiger partial charge in [0, 0.05) is 30.9 Å². The van der Waals surface area contributed by atoms with Crippen LogP contribution in [-0.2, 0) is 14.3 Å². The molecule has 8 heteroatoms. The molecule has 0 radical (unpaired) electrons. The van der Waals surface area contributed by atoms with Gasteiger partial charge in [-0.15, -0.1) is 0 Å². The van der Waals surface area contributed by atoms with Gasteiger partial charge in [0.1, 0.15) is 0 Å². The maximum Gasteiger partial charge on any atom is 0.328 e. The Morgan fingerprint density at radius 3 is 2.37 bits per heavy atom. The van der Waals surface area contributed by atoms with E-state index in [4.69, 9.17) is 20.7 Å². The highest BCUT2D eigenvalue weighted by Crippen LogP contribution is 2.35. The molecule has 1 saturated heterocycles. The van der Waals surface area contributed by atoms with Gasteiger partial charge in [-0.25, -0.2) is 14.6 Å². The third kappa shape index (κ3) is 5.75. The fraction of sp³-hybridized carbons (Fsp3) is 0.545. The Labute approximate surface area is 114 Å². The van der Waals surface area contributed by atoms with Crippen LogP contribution in [0.5, 0.6) is 0 Å². The van der Waals surface area contributed by atoms with Crippen molar-refractivity contribution in [2.45, 2.75) is 25.0 Å². The lowest BCUT2D eigenvalue weighted by atomic mass is 10.1. The number of nitrogens with zero attached hydrogens (tertiary/aromatic N) is 1. The predicted molar refractivity (Wildman–Crippen MR) is 71.0 cm³/mol. The number of hydrogen-bond acceptors (Lipinski definition) is 6. The number of amidine groups is 1. The minimum atomic E-state index is -1.26. The molecule has 19 heavy (non-hydrogen) atoms. The Morgan fingerprint density at radius 2 is 1.95 bits per heavy atom. The van der Waals surface area contributed by atoms with Gasteiger partial charge in [0.25, 0.3) is 0 Å². The molecule has 0 aromatic rings. The fourth-order valence-electron chi connectivity index (χ4n) is 1.71. The SMILES string of the molecule is NC1=NC2(CCCO2)CCS1.O=C(O)/C=C\C(=O)O.